The van der Waals surface area contributed by atoms with Crippen molar-refractivity contribution in [3.63, 3.8) is 0 Å². The van der Waals surface area contributed by atoms with Gasteiger partial charge in [0.15, 0.2) is 5.38 Å². The first kappa shape index (κ1) is 20.0. The number of hydrogen-bond acceptors (Lipinski definition) is 5. The highest BCUT2D eigenvalue weighted by atomic mass is 35.5. The Hall–Kier alpha value is -1.30. The molecule has 3 atom stereocenters. The minimum Gasteiger partial charge on any atom is -0.463 e. The summed E-state index contributed by atoms with van der Waals surface area (Å²) in [6, 6.07) is 6.58. The average Bonchev–Trinajstić information content (AvgIpc) is 2.62. The van der Waals surface area contributed by atoms with Crippen LogP contribution in [0.15, 0.2) is 24.3 Å². The molecule has 0 saturated heterocycles. The zero-order valence-corrected chi connectivity index (χ0v) is 15.8. The third kappa shape index (κ3) is 4.87. The topological polar surface area (TPSA) is 61.8 Å². The van der Waals surface area contributed by atoms with E-state index in [9.17, 15) is 9.59 Å². The largest absolute Gasteiger partial charge is 0.463 e. The molecule has 1 aliphatic rings. The number of carbonyl (C=O) groups is 2. The molecule has 0 spiro atoms. The van der Waals surface area contributed by atoms with Crippen molar-refractivity contribution in [2.75, 3.05) is 13.7 Å². The van der Waals surface area contributed by atoms with Crippen LogP contribution >= 0.6 is 23.2 Å². The van der Waals surface area contributed by atoms with E-state index in [0.717, 1.165) is 6.42 Å². The summed E-state index contributed by atoms with van der Waals surface area (Å²) in [7, 11) is 1.58. The van der Waals surface area contributed by atoms with Crippen LogP contribution in [0.25, 0.3) is 0 Å². The second kappa shape index (κ2) is 8.88. The smallest absolute Gasteiger partial charge is 0.350 e. The third-order valence-corrected chi connectivity index (χ3v) is 4.99. The summed E-state index contributed by atoms with van der Waals surface area (Å²) in [5, 5.41) is -0.495. The number of methoxy groups -OCH3 is 1. The van der Waals surface area contributed by atoms with E-state index in [-0.39, 0.29) is 19.1 Å². The Labute approximate surface area is 157 Å². The van der Waals surface area contributed by atoms with Crippen LogP contribution in [0.1, 0.15) is 43.5 Å². The van der Waals surface area contributed by atoms with Crippen LogP contribution in [0.2, 0.25) is 5.02 Å². The Morgan fingerprint density at radius 1 is 1.32 bits per heavy atom. The van der Waals surface area contributed by atoms with Gasteiger partial charge in [0.05, 0.1) is 12.7 Å². The molecule has 25 heavy (non-hydrogen) atoms. The van der Waals surface area contributed by atoms with E-state index < -0.39 is 22.9 Å². The number of halogens is 2. The number of alkyl halides is 1. The van der Waals surface area contributed by atoms with E-state index in [1.807, 2.05) is 0 Å². The van der Waals surface area contributed by atoms with Gasteiger partial charge >= 0.3 is 11.9 Å². The number of benzene rings is 1. The SMILES string of the molecule is CCOC(=O)C1(OC(=O)C(Cl)c2ccc(Cl)cc2)CCCC(OC)C1. The molecule has 1 aromatic rings. The molecule has 3 unspecified atom stereocenters. The molecular weight excluding hydrogens is 367 g/mol. The third-order valence-electron chi connectivity index (χ3n) is 4.31. The van der Waals surface area contributed by atoms with Crippen LogP contribution in [0.5, 0.6) is 0 Å². The highest BCUT2D eigenvalue weighted by Gasteiger charge is 2.48. The fourth-order valence-corrected chi connectivity index (χ4v) is 3.30. The minimum atomic E-state index is -1.36. The quantitative estimate of drug-likeness (QED) is 0.543. The lowest BCUT2D eigenvalue weighted by atomic mass is 9.82. The molecule has 0 heterocycles. The van der Waals surface area contributed by atoms with E-state index >= 15 is 0 Å². The molecule has 5 nitrogen and oxygen atoms in total. The van der Waals surface area contributed by atoms with E-state index in [1.165, 1.54) is 0 Å². The zero-order chi connectivity index (χ0) is 18.4. The van der Waals surface area contributed by atoms with E-state index in [2.05, 4.69) is 0 Å². The van der Waals surface area contributed by atoms with Crippen LogP contribution < -0.4 is 0 Å². The van der Waals surface area contributed by atoms with Crippen LogP contribution in [-0.4, -0.2) is 37.4 Å². The van der Waals surface area contributed by atoms with Gasteiger partial charge in [-0.3, -0.25) is 4.79 Å². The van der Waals surface area contributed by atoms with Gasteiger partial charge in [0.2, 0.25) is 5.60 Å². The molecular formula is C18H22Cl2O5. The van der Waals surface area contributed by atoms with Gasteiger partial charge in [-0.1, -0.05) is 23.7 Å². The maximum absolute atomic E-state index is 12.6. The number of rotatable bonds is 6. The van der Waals surface area contributed by atoms with E-state index in [1.54, 1.807) is 38.3 Å². The highest BCUT2D eigenvalue weighted by Crippen LogP contribution is 2.36. The van der Waals surface area contributed by atoms with Gasteiger partial charge in [-0.25, -0.2) is 4.79 Å². The summed E-state index contributed by atoms with van der Waals surface area (Å²) in [6.45, 7) is 1.92. The van der Waals surface area contributed by atoms with Gasteiger partial charge in [-0.05, 0) is 43.9 Å². The molecule has 1 saturated carbocycles. The number of esters is 2. The molecule has 138 valence electrons. The van der Waals surface area contributed by atoms with Crippen molar-refractivity contribution in [2.45, 2.75) is 49.7 Å². The number of ether oxygens (including phenoxy) is 3. The molecule has 1 aliphatic carbocycles. The van der Waals surface area contributed by atoms with Gasteiger partial charge in [-0.2, -0.15) is 0 Å². The summed E-state index contributed by atoms with van der Waals surface area (Å²) in [5.74, 6) is -1.24. The van der Waals surface area contributed by atoms with Gasteiger partial charge < -0.3 is 14.2 Å². The van der Waals surface area contributed by atoms with E-state index in [0.29, 0.717) is 23.4 Å². The van der Waals surface area contributed by atoms with Crippen LogP contribution in [0.3, 0.4) is 0 Å². The first-order valence-corrected chi connectivity index (χ1v) is 9.05. The van der Waals surface area contributed by atoms with Gasteiger partial charge in [0.25, 0.3) is 0 Å². The van der Waals surface area contributed by atoms with Crippen molar-refractivity contribution < 1.29 is 23.8 Å². The molecule has 0 bridgehead atoms. The summed E-state index contributed by atoms with van der Waals surface area (Å²) in [6.07, 6.45) is 1.98. The first-order valence-electron chi connectivity index (χ1n) is 8.24. The predicted octanol–water partition coefficient (Wildman–Crippen LogP) is 4.05. The van der Waals surface area contributed by atoms with Crippen molar-refractivity contribution >= 4 is 35.1 Å². The Morgan fingerprint density at radius 2 is 2.00 bits per heavy atom. The summed E-state index contributed by atoms with van der Waals surface area (Å²) in [4.78, 5) is 25.1. The highest BCUT2D eigenvalue weighted by molar-refractivity contribution is 6.31. The van der Waals surface area contributed by atoms with Crippen molar-refractivity contribution in [3.05, 3.63) is 34.9 Å². The Kier molecular flexibility index (Phi) is 7.11. The van der Waals surface area contributed by atoms with Gasteiger partial charge in [0.1, 0.15) is 0 Å². The normalized spacial score (nSPS) is 24.4. The molecule has 0 aliphatic heterocycles. The summed E-state index contributed by atoms with van der Waals surface area (Å²) in [5.41, 5.74) is -0.805. The molecule has 1 aromatic carbocycles. The van der Waals surface area contributed by atoms with Crippen LogP contribution in [-0.2, 0) is 23.8 Å². The molecule has 0 aromatic heterocycles. The van der Waals surface area contributed by atoms with E-state index in [4.69, 9.17) is 37.4 Å². The molecule has 0 radical (unpaired) electrons. The first-order chi connectivity index (χ1) is 11.9. The zero-order valence-electron chi connectivity index (χ0n) is 14.3. The second-order valence-electron chi connectivity index (χ2n) is 6.00. The standard InChI is InChI=1S/C18H22Cl2O5/c1-3-24-17(22)18(10-4-5-14(11-18)23-2)25-16(21)15(20)12-6-8-13(19)9-7-12/h6-9,14-15H,3-5,10-11H2,1-2H3. The molecule has 1 fully saturated rings. The molecule has 7 heteroatoms. The maximum atomic E-state index is 12.6. The van der Waals surface area contributed by atoms with Crippen molar-refractivity contribution in [3.8, 4) is 0 Å². The van der Waals surface area contributed by atoms with Crippen molar-refractivity contribution in [1.82, 2.24) is 0 Å². The minimum absolute atomic E-state index is 0.171. The maximum Gasteiger partial charge on any atom is 0.350 e. The van der Waals surface area contributed by atoms with Crippen LogP contribution in [0, 0.1) is 0 Å². The molecule has 0 amide bonds. The van der Waals surface area contributed by atoms with Crippen molar-refractivity contribution in [2.24, 2.45) is 0 Å². The van der Waals surface area contributed by atoms with Crippen molar-refractivity contribution in [1.29, 1.82) is 0 Å². The molecule has 0 N–H and O–H groups in total. The fraction of sp³-hybridized carbons (Fsp3) is 0.556. The lowest BCUT2D eigenvalue weighted by Gasteiger charge is -2.37. The average molecular weight is 389 g/mol. The lowest BCUT2D eigenvalue weighted by molar-refractivity contribution is -0.191. The summed E-state index contributed by atoms with van der Waals surface area (Å²) < 4.78 is 16.1. The van der Waals surface area contributed by atoms with Gasteiger partial charge in [-0.15, -0.1) is 11.6 Å². The second-order valence-corrected chi connectivity index (χ2v) is 6.88. The van der Waals surface area contributed by atoms with Gasteiger partial charge in [0, 0.05) is 18.6 Å². The number of hydrogen-bond donors (Lipinski definition) is 0. The number of carbonyl (C=O) groups excluding carboxylic acids is 2. The monoisotopic (exact) mass is 388 g/mol. The fourth-order valence-electron chi connectivity index (χ4n) is 2.98. The lowest BCUT2D eigenvalue weighted by Crippen LogP contribution is -2.50. The Bertz CT molecular complexity index is 604. The Morgan fingerprint density at radius 3 is 2.60 bits per heavy atom. The Balaban J connectivity index is 2.19. The summed E-state index contributed by atoms with van der Waals surface area (Å²) >= 11 is 12.1. The van der Waals surface area contributed by atoms with Crippen LogP contribution in [0.4, 0.5) is 0 Å². The molecule has 2 rings (SSSR count). The predicted molar refractivity (Wildman–Crippen MR) is 94.8 cm³/mol.